The van der Waals surface area contributed by atoms with Crippen LogP contribution in [0.25, 0.3) is 10.9 Å². The van der Waals surface area contributed by atoms with E-state index in [1.807, 2.05) is 11.8 Å². The molecular formula is C20H21FN4O3S. The first-order valence-corrected chi connectivity index (χ1v) is 9.32. The first-order valence-electron chi connectivity index (χ1n) is 8.91. The van der Waals surface area contributed by atoms with Crippen LogP contribution >= 0.6 is 12.2 Å². The SMILES string of the molecule is CCN(Cc1nc2cc(OC)c(OC)cc2c(=O)[nH]1)C(=S)Nc1ccc(F)cc1. The van der Waals surface area contributed by atoms with Gasteiger partial charge in [-0.1, -0.05) is 0 Å². The van der Waals surface area contributed by atoms with Crippen LogP contribution in [0.3, 0.4) is 0 Å². The number of aromatic nitrogens is 2. The Labute approximate surface area is 172 Å². The second kappa shape index (κ2) is 8.87. The minimum Gasteiger partial charge on any atom is -0.493 e. The van der Waals surface area contributed by atoms with Crippen molar-refractivity contribution in [3.05, 3.63) is 58.4 Å². The zero-order valence-corrected chi connectivity index (χ0v) is 17.1. The lowest BCUT2D eigenvalue weighted by Crippen LogP contribution is -2.35. The number of benzene rings is 2. The summed E-state index contributed by atoms with van der Waals surface area (Å²) in [5, 5.41) is 3.90. The molecule has 1 aromatic heterocycles. The normalized spacial score (nSPS) is 10.6. The smallest absolute Gasteiger partial charge is 0.258 e. The van der Waals surface area contributed by atoms with Crippen molar-refractivity contribution in [1.82, 2.24) is 14.9 Å². The number of H-pyrrole nitrogens is 1. The van der Waals surface area contributed by atoms with Crippen molar-refractivity contribution in [2.45, 2.75) is 13.5 Å². The molecule has 0 aliphatic carbocycles. The molecule has 0 saturated carbocycles. The van der Waals surface area contributed by atoms with Gasteiger partial charge in [0.05, 0.1) is 31.7 Å². The van der Waals surface area contributed by atoms with Crippen LogP contribution < -0.4 is 20.3 Å². The molecule has 0 radical (unpaired) electrons. The van der Waals surface area contributed by atoms with Crippen molar-refractivity contribution in [1.29, 1.82) is 0 Å². The Balaban J connectivity index is 1.85. The summed E-state index contributed by atoms with van der Waals surface area (Å²) in [5.74, 6) is 1.09. The van der Waals surface area contributed by atoms with E-state index in [2.05, 4.69) is 15.3 Å². The van der Waals surface area contributed by atoms with Crippen molar-refractivity contribution in [2.24, 2.45) is 0 Å². The Morgan fingerprint density at radius 1 is 1.21 bits per heavy atom. The number of anilines is 1. The van der Waals surface area contributed by atoms with Gasteiger partial charge in [0.2, 0.25) is 0 Å². The van der Waals surface area contributed by atoms with Gasteiger partial charge in [0.25, 0.3) is 5.56 Å². The van der Waals surface area contributed by atoms with Gasteiger partial charge >= 0.3 is 0 Å². The average molecular weight is 416 g/mol. The van der Waals surface area contributed by atoms with E-state index in [9.17, 15) is 9.18 Å². The van der Waals surface area contributed by atoms with Crippen LogP contribution in [0.2, 0.25) is 0 Å². The number of nitrogens with zero attached hydrogens (tertiary/aromatic N) is 2. The maximum absolute atomic E-state index is 13.1. The van der Waals surface area contributed by atoms with Gasteiger partial charge in [-0.25, -0.2) is 9.37 Å². The quantitative estimate of drug-likeness (QED) is 0.597. The predicted molar refractivity (Wildman–Crippen MR) is 114 cm³/mol. The molecule has 9 heteroatoms. The number of methoxy groups -OCH3 is 2. The molecule has 2 aromatic carbocycles. The summed E-state index contributed by atoms with van der Waals surface area (Å²) in [5.41, 5.74) is 0.890. The average Bonchev–Trinajstić information content (AvgIpc) is 2.72. The fourth-order valence-corrected chi connectivity index (χ4v) is 3.14. The van der Waals surface area contributed by atoms with Crippen LogP contribution in [-0.2, 0) is 6.54 Å². The van der Waals surface area contributed by atoms with E-state index in [0.717, 1.165) is 0 Å². The topological polar surface area (TPSA) is 79.5 Å². The second-order valence-electron chi connectivity index (χ2n) is 6.19. The highest BCUT2D eigenvalue weighted by molar-refractivity contribution is 7.80. The van der Waals surface area contributed by atoms with Crippen LogP contribution in [0.15, 0.2) is 41.2 Å². The number of aromatic amines is 1. The van der Waals surface area contributed by atoms with Gasteiger partial charge in [0.15, 0.2) is 16.6 Å². The summed E-state index contributed by atoms with van der Waals surface area (Å²) in [4.78, 5) is 21.7. The van der Waals surface area contributed by atoms with Crippen LogP contribution in [0, 0.1) is 5.82 Å². The lowest BCUT2D eigenvalue weighted by molar-refractivity contribution is 0.355. The minimum absolute atomic E-state index is 0.278. The molecule has 0 fully saturated rings. The Bertz CT molecular complexity index is 1090. The molecule has 2 N–H and O–H groups in total. The highest BCUT2D eigenvalue weighted by atomic mass is 32.1. The molecule has 0 aliphatic heterocycles. The third-order valence-electron chi connectivity index (χ3n) is 4.36. The van der Waals surface area contributed by atoms with E-state index < -0.39 is 0 Å². The lowest BCUT2D eigenvalue weighted by atomic mass is 10.2. The number of ether oxygens (including phenoxy) is 2. The zero-order chi connectivity index (χ0) is 21.0. The van der Waals surface area contributed by atoms with Crippen molar-refractivity contribution in [3.63, 3.8) is 0 Å². The van der Waals surface area contributed by atoms with Gasteiger partial charge in [-0.05, 0) is 49.5 Å². The van der Waals surface area contributed by atoms with Gasteiger partial charge < -0.3 is 24.7 Å². The standard InChI is InChI=1S/C20H21FN4O3S/c1-4-25(20(29)22-13-7-5-12(21)6-8-13)11-18-23-15-10-17(28-3)16(27-2)9-14(15)19(26)24-18/h5-10H,4,11H2,1-3H3,(H,22,29)(H,23,24,26). The summed E-state index contributed by atoms with van der Waals surface area (Å²) >= 11 is 5.45. The summed E-state index contributed by atoms with van der Waals surface area (Å²) < 4.78 is 23.6. The van der Waals surface area contributed by atoms with E-state index in [-0.39, 0.29) is 11.4 Å². The molecule has 29 heavy (non-hydrogen) atoms. The van der Waals surface area contributed by atoms with Gasteiger partial charge in [-0.15, -0.1) is 0 Å². The van der Waals surface area contributed by atoms with Crippen molar-refractivity contribution in [3.8, 4) is 11.5 Å². The number of nitrogens with one attached hydrogen (secondary N) is 2. The number of fused-ring (bicyclic) bond motifs is 1. The molecule has 0 saturated heterocycles. The van der Waals surface area contributed by atoms with Gasteiger partial charge in [-0.2, -0.15) is 0 Å². The monoisotopic (exact) mass is 416 g/mol. The van der Waals surface area contributed by atoms with Gasteiger partial charge in [-0.3, -0.25) is 4.79 Å². The molecule has 0 amide bonds. The fourth-order valence-electron chi connectivity index (χ4n) is 2.83. The molecule has 0 spiro atoms. The van der Waals surface area contributed by atoms with Gasteiger partial charge in [0, 0.05) is 18.3 Å². The van der Waals surface area contributed by atoms with Crippen molar-refractivity contribution >= 4 is 33.9 Å². The number of hydrogen-bond donors (Lipinski definition) is 2. The Hall–Kier alpha value is -3.20. The van der Waals surface area contributed by atoms with Crippen molar-refractivity contribution in [2.75, 3.05) is 26.1 Å². The number of hydrogen-bond acceptors (Lipinski definition) is 5. The number of thiocarbonyl (C=S) groups is 1. The van der Waals surface area contributed by atoms with Crippen molar-refractivity contribution < 1.29 is 13.9 Å². The third-order valence-corrected chi connectivity index (χ3v) is 4.73. The van der Waals surface area contributed by atoms with E-state index in [1.54, 1.807) is 24.3 Å². The first kappa shape index (κ1) is 20.5. The molecule has 3 aromatic rings. The van der Waals surface area contributed by atoms with E-state index in [1.165, 1.54) is 26.4 Å². The molecule has 7 nitrogen and oxygen atoms in total. The third kappa shape index (κ3) is 4.62. The first-order chi connectivity index (χ1) is 13.9. The highest BCUT2D eigenvalue weighted by Gasteiger charge is 2.14. The van der Waals surface area contributed by atoms with Crippen LogP contribution in [0.4, 0.5) is 10.1 Å². The van der Waals surface area contributed by atoms with Crippen LogP contribution in [0.1, 0.15) is 12.7 Å². The summed E-state index contributed by atoms with van der Waals surface area (Å²) in [6.45, 7) is 2.81. The van der Waals surface area contributed by atoms with Crippen LogP contribution in [-0.4, -0.2) is 40.7 Å². The second-order valence-corrected chi connectivity index (χ2v) is 6.57. The number of halogens is 1. The lowest BCUT2D eigenvalue weighted by Gasteiger charge is -2.24. The summed E-state index contributed by atoms with van der Waals surface area (Å²) in [7, 11) is 3.03. The molecule has 0 aliphatic rings. The fraction of sp³-hybridized carbons (Fsp3) is 0.250. The number of rotatable bonds is 6. The maximum atomic E-state index is 13.1. The molecule has 152 valence electrons. The molecule has 0 bridgehead atoms. The van der Waals surface area contributed by atoms with Crippen LogP contribution in [0.5, 0.6) is 11.5 Å². The summed E-state index contributed by atoms with van der Waals surface area (Å²) in [6.07, 6.45) is 0. The summed E-state index contributed by atoms with van der Waals surface area (Å²) in [6, 6.07) is 9.17. The van der Waals surface area contributed by atoms with E-state index >= 15 is 0 Å². The molecular weight excluding hydrogens is 395 g/mol. The Morgan fingerprint density at radius 2 is 1.86 bits per heavy atom. The predicted octanol–water partition coefficient (Wildman–Crippen LogP) is 3.30. The molecule has 3 rings (SSSR count). The van der Waals surface area contributed by atoms with E-state index in [0.29, 0.717) is 52.1 Å². The van der Waals surface area contributed by atoms with E-state index in [4.69, 9.17) is 21.7 Å². The molecule has 0 unspecified atom stereocenters. The molecule has 1 heterocycles. The minimum atomic E-state index is -0.321. The largest absolute Gasteiger partial charge is 0.493 e. The van der Waals surface area contributed by atoms with Gasteiger partial charge in [0.1, 0.15) is 11.6 Å². The Morgan fingerprint density at radius 3 is 2.48 bits per heavy atom. The molecule has 0 atom stereocenters. The zero-order valence-electron chi connectivity index (χ0n) is 16.3. The highest BCUT2D eigenvalue weighted by Crippen LogP contribution is 2.29. The Kier molecular flexibility index (Phi) is 6.28. The maximum Gasteiger partial charge on any atom is 0.258 e.